The summed E-state index contributed by atoms with van der Waals surface area (Å²) in [5, 5.41) is 6.77. The van der Waals surface area contributed by atoms with Gasteiger partial charge >= 0.3 is 0 Å². The third-order valence-corrected chi connectivity index (χ3v) is 2.81. The van der Waals surface area contributed by atoms with Gasteiger partial charge in [0.2, 0.25) is 5.91 Å². The van der Waals surface area contributed by atoms with Gasteiger partial charge in [0.05, 0.1) is 15.7 Å². The molecule has 0 aliphatic carbocycles. The molecule has 0 bridgehead atoms. The number of benzene rings is 1. The highest BCUT2D eigenvalue weighted by atomic mass is 35.5. The number of hydrogen-bond acceptors (Lipinski definition) is 2. The number of anilines is 1. The van der Waals surface area contributed by atoms with Gasteiger partial charge in [-0.05, 0) is 25.1 Å². The van der Waals surface area contributed by atoms with Crippen LogP contribution in [0.4, 0.5) is 5.69 Å². The Hall–Kier alpha value is -0.770. The van der Waals surface area contributed by atoms with Crippen LogP contribution >= 0.6 is 23.2 Å². The van der Waals surface area contributed by atoms with Crippen LogP contribution in [0.25, 0.3) is 0 Å². The van der Waals surface area contributed by atoms with Gasteiger partial charge in [-0.3, -0.25) is 4.79 Å². The molecule has 1 rings (SSSR count). The molecule has 0 atom stereocenters. The Morgan fingerprint density at radius 2 is 1.88 bits per heavy atom. The molecule has 0 aromatic heterocycles. The van der Waals surface area contributed by atoms with E-state index in [0.29, 0.717) is 28.7 Å². The average Bonchev–Trinajstić information content (AvgIpc) is 2.30. The number of para-hydroxylation sites is 1. The maximum atomic E-state index is 11.6. The van der Waals surface area contributed by atoms with Crippen molar-refractivity contribution in [3.8, 4) is 0 Å². The van der Waals surface area contributed by atoms with Crippen LogP contribution in [-0.4, -0.2) is 19.0 Å². The van der Waals surface area contributed by atoms with Crippen LogP contribution in [0.1, 0.15) is 19.8 Å². The first-order chi connectivity index (χ1) is 8.15. The zero-order valence-corrected chi connectivity index (χ0v) is 11.2. The molecular formula is C12H16Cl2N2O. The topological polar surface area (TPSA) is 41.1 Å². The highest BCUT2D eigenvalue weighted by Gasteiger charge is 2.08. The van der Waals surface area contributed by atoms with E-state index >= 15 is 0 Å². The van der Waals surface area contributed by atoms with Crippen molar-refractivity contribution in [1.29, 1.82) is 0 Å². The summed E-state index contributed by atoms with van der Waals surface area (Å²) in [6, 6.07) is 5.12. The highest BCUT2D eigenvalue weighted by molar-refractivity contribution is 6.39. The van der Waals surface area contributed by atoms with Gasteiger partial charge in [-0.1, -0.05) is 36.2 Å². The van der Waals surface area contributed by atoms with E-state index in [2.05, 4.69) is 17.6 Å². The Morgan fingerprint density at radius 3 is 2.47 bits per heavy atom. The minimum Gasteiger partial charge on any atom is -0.324 e. The standard InChI is InChI=1S/C12H16Cl2N2O/c1-2-7-15-8-6-11(17)16-12-9(13)4-3-5-10(12)14/h3-5,15H,2,6-8H2,1H3,(H,16,17). The molecular weight excluding hydrogens is 259 g/mol. The first-order valence-corrected chi connectivity index (χ1v) is 6.35. The Labute approximate surface area is 111 Å². The molecule has 1 amide bonds. The molecule has 1 aromatic rings. The van der Waals surface area contributed by atoms with Gasteiger partial charge in [0.1, 0.15) is 0 Å². The van der Waals surface area contributed by atoms with Gasteiger partial charge in [-0.15, -0.1) is 0 Å². The summed E-state index contributed by atoms with van der Waals surface area (Å²) in [5.41, 5.74) is 0.483. The number of carbonyl (C=O) groups excluding carboxylic acids is 1. The second kappa shape index (κ2) is 7.54. The van der Waals surface area contributed by atoms with Gasteiger partial charge in [0.15, 0.2) is 0 Å². The number of rotatable bonds is 6. The molecule has 0 saturated carbocycles. The SMILES string of the molecule is CCCNCCC(=O)Nc1c(Cl)cccc1Cl. The molecule has 0 fully saturated rings. The van der Waals surface area contributed by atoms with E-state index in [1.165, 1.54) is 0 Å². The zero-order chi connectivity index (χ0) is 12.7. The van der Waals surface area contributed by atoms with Crippen LogP contribution in [0.2, 0.25) is 10.0 Å². The van der Waals surface area contributed by atoms with Crippen molar-refractivity contribution >= 4 is 34.8 Å². The van der Waals surface area contributed by atoms with Crippen molar-refractivity contribution in [3.05, 3.63) is 28.2 Å². The summed E-state index contributed by atoms with van der Waals surface area (Å²) in [4.78, 5) is 11.6. The van der Waals surface area contributed by atoms with Crippen molar-refractivity contribution in [2.75, 3.05) is 18.4 Å². The molecule has 0 aliphatic rings. The van der Waals surface area contributed by atoms with Crippen LogP contribution in [0.5, 0.6) is 0 Å². The Balaban J connectivity index is 2.45. The third-order valence-electron chi connectivity index (χ3n) is 2.18. The zero-order valence-electron chi connectivity index (χ0n) is 9.72. The summed E-state index contributed by atoms with van der Waals surface area (Å²) in [6.07, 6.45) is 1.46. The van der Waals surface area contributed by atoms with Gasteiger partial charge in [-0.25, -0.2) is 0 Å². The molecule has 17 heavy (non-hydrogen) atoms. The molecule has 0 heterocycles. The molecule has 2 N–H and O–H groups in total. The highest BCUT2D eigenvalue weighted by Crippen LogP contribution is 2.29. The largest absolute Gasteiger partial charge is 0.324 e. The summed E-state index contributed by atoms with van der Waals surface area (Å²) >= 11 is 11.9. The van der Waals surface area contributed by atoms with E-state index in [9.17, 15) is 4.79 Å². The fourth-order valence-electron chi connectivity index (χ4n) is 1.32. The summed E-state index contributed by atoms with van der Waals surface area (Å²) in [6.45, 7) is 3.65. The second-order valence-electron chi connectivity index (χ2n) is 3.64. The molecule has 3 nitrogen and oxygen atoms in total. The molecule has 0 aliphatic heterocycles. The van der Waals surface area contributed by atoms with Gasteiger partial charge in [0.25, 0.3) is 0 Å². The van der Waals surface area contributed by atoms with E-state index in [1.54, 1.807) is 18.2 Å². The fourth-order valence-corrected chi connectivity index (χ4v) is 1.81. The normalized spacial score (nSPS) is 10.3. The number of amides is 1. The first-order valence-electron chi connectivity index (χ1n) is 5.59. The lowest BCUT2D eigenvalue weighted by molar-refractivity contribution is -0.116. The van der Waals surface area contributed by atoms with E-state index in [4.69, 9.17) is 23.2 Å². The van der Waals surface area contributed by atoms with Crippen LogP contribution in [0.3, 0.4) is 0 Å². The van der Waals surface area contributed by atoms with Crippen LogP contribution in [-0.2, 0) is 4.79 Å². The Kier molecular flexibility index (Phi) is 6.34. The lowest BCUT2D eigenvalue weighted by atomic mass is 10.3. The summed E-state index contributed by atoms with van der Waals surface area (Å²) in [5.74, 6) is -0.0939. The molecule has 5 heteroatoms. The van der Waals surface area contributed by atoms with Crippen LogP contribution in [0.15, 0.2) is 18.2 Å². The van der Waals surface area contributed by atoms with Crippen molar-refractivity contribution in [2.45, 2.75) is 19.8 Å². The molecule has 0 spiro atoms. The maximum Gasteiger partial charge on any atom is 0.225 e. The van der Waals surface area contributed by atoms with Crippen molar-refractivity contribution < 1.29 is 4.79 Å². The molecule has 0 radical (unpaired) electrons. The molecule has 1 aromatic carbocycles. The summed E-state index contributed by atoms with van der Waals surface area (Å²) < 4.78 is 0. The van der Waals surface area contributed by atoms with Crippen LogP contribution in [0, 0.1) is 0 Å². The van der Waals surface area contributed by atoms with Gasteiger partial charge < -0.3 is 10.6 Å². The van der Waals surface area contributed by atoms with E-state index < -0.39 is 0 Å². The third kappa shape index (κ3) is 4.94. The van der Waals surface area contributed by atoms with Crippen molar-refractivity contribution in [1.82, 2.24) is 5.32 Å². The average molecular weight is 275 g/mol. The monoisotopic (exact) mass is 274 g/mol. The molecule has 0 unspecified atom stereocenters. The number of carbonyl (C=O) groups is 1. The van der Waals surface area contributed by atoms with Crippen LogP contribution < -0.4 is 10.6 Å². The molecule has 0 saturated heterocycles. The minimum atomic E-state index is -0.0939. The summed E-state index contributed by atoms with van der Waals surface area (Å²) in [7, 11) is 0. The molecule has 94 valence electrons. The van der Waals surface area contributed by atoms with E-state index in [1.807, 2.05) is 0 Å². The van der Waals surface area contributed by atoms with Gasteiger partial charge in [0, 0.05) is 13.0 Å². The lowest BCUT2D eigenvalue weighted by Crippen LogP contribution is -2.22. The quantitative estimate of drug-likeness (QED) is 0.782. The predicted octanol–water partition coefficient (Wildman–Crippen LogP) is 3.32. The minimum absolute atomic E-state index is 0.0939. The predicted molar refractivity (Wildman–Crippen MR) is 72.9 cm³/mol. The first kappa shape index (κ1) is 14.3. The Bertz CT molecular complexity index is 363. The smallest absolute Gasteiger partial charge is 0.225 e. The fraction of sp³-hybridized carbons (Fsp3) is 0.417. The van der Waals surface area contributed by atoms with Crippen molar-refractivity contribution in [3.63, 3.8) is 0 Å². The van der Waals surface area contributed by atoms with E-state index in [0.717, 1.165) is 13.0 Å². The number of nitrogens with one attached hydrogen (secondary N) is 2. The lowest BCUT2D eigenvalue weighted by Gasteiger charge is -2.09. The second-order valence-corrected chi connectivity index (χ2v) is 4.46. The number of hydrogen-bond donors (Lipinski definition) is 2. The van der Waals surface area contributed by atoms with E-state index in [-0.39, 0.29) is 5.91 Å². The van der Waals surface area contributed by atoms with Gasteiger partial charge in [-0.2, -0.15) is 0 Å². The van der Waals surface area contributed by atoms with Crippen molar-refractivity contribution in [2.24, 2.45) is 0 Å². The Morgan fingerprint density at radius 1 is 1.24 bits per heavy atom. The maximum absolute atomic E-state index is 11.6. The number of halogens is 2.